The molecule has 3 aromatic rings. The number of rotatable bonds is 6. The highest BCUT2D eigenvalue weighted by molar-refractivity contribution is 6.34. The lowest BCUT2D eigenvalue weighted by molar-refractivity contribution is 0.271. The lowest BCUT2D eigenvalue weighted by Crippen LogP contribution is -2.46. The van der Waals surface area contributed by atoms with Gasteiger partial charge in [-0.1, -0.05) is 30.2 Å². The van der Waals surface area contributed by atoms with Crippen molar-refractivity contribution in [3.8, 4) is 11.6 Å². The average molecular weight is 498 g/mol. The van der Waals surface area contributed by atoms with Gasteiger partial charge in [-0.05, 0) is 44.2 Å². The van der Waals surface area contributed by atoms with Gasteiger partial charge < -0.3 is 19.9 Å². The number of benzene rings is 2. The summed E-state index contributed by atoms with van der Waals surface area (Å²) in [5, 5.41) is 3.22. The van der Waals surface area contributed by atoms with Gasteiger partial charge in [0, 0.05) is 54.7 Å². The van der Waals surface area contributed by atoms with Crippen LogP contribution in [-0.2, 0) is 6.42 Å². The average Bonchev–Trinajstić information content (AvgIpc) is 3.28. The van der Waals surface area contributed by atoms with E-state index >= 15 is 0 Å². The van der Waals surface area contributed by atoms with Crippen LogP contribution in [0.1, 0.15) is 25.0 Å². The van der Waals surface area contributed by atoms with Crippen LogP contribution in [0.3, 0.4) is 0 Å². The summed E-state index contributed by atoms with van der Waals surface area (Å²) in [4.78, 5) is 13.0. The molecule has 1 aliphatic carbocycles. The van der Waals surface area contributed by atoms with Crippen molar-refractivity contribution in [1.82, 2.24) is 14.9 Å². The van der Waals surface area contributed by atoms with Gasteiger partial charge in [0.05, 0.1) is 0 Å². The number of piperazine rings is 1. The maximum Gasteiger partial charge on any atom is 0.243 e. The van der Waals surface area contributed by atoms with Gasteiger partial charge in [-0.3, -0.25) is 0 Å². The van der Waals surface area contributed by atoms with Gasteiger partial charge in [0.2, 0.25) is 5.88 Å². The molecule has 2 aliphatic rings. The summed E-state index contributed by atoms with van der Waals surface area (Å²) < 4.78 is 35.1. The molecule has 1 N–H and O–H groups in total. The number of likely N-dealkylation sites (N-methyl/N-ethyl adjacent to an activating group) is 1. The van der Waals surface area contributed by atoms with Crippen molar-refractivity contribution in [3.05, 3.63) is 70.0 Å². The number of nitrogens with one attached hydrogen (secondary N) is 1. The van der Waals surface area contributed by atoms with Crippen LogP contribution in [0.25, 0.3) is 6.08 Å². The fraction of sp³-hybridized carbons (Fsp3) is 0.308. The van der Waals surface area contributed by atoms with E-state index in [4.69, 9.17) is 16.3 Å². The first-order valence-electron chi connectivity index (χ1n) is 11.6. The molecule has 35 heavy (non-hydrogen) atoms. The maximum absolute atomic E-state index is 15.0. The van der Waals surface area contributed by atoms with E-state index in [1.54, 1.807) is 6.08 Å². The standard InChI is InChI=1S/C26H26ClF2N5O/c1-3-33-8-10-34(11-9-33)18-6-4-17(5-7-18)32-25-23(27)26(31-15-30-25)35-22-14-21(28)19-12-16(2)13-20(19)24(22)29/h4-7,13-15H,3,8-12H2,1-2H3,(H,30,31,32). The van der Waals surface area contributed by atoms with Crippen LogP contribution in [0.2, 0.25) is 5.02 Å². The third-order valence-electron chi connectivity index (χ3n) is 6.45. The van der Waals surface area contributed by atoms with Crippen molar-refractivity contribution in [1.29, 1.82) is 0 Å². The smallest absolute Gasteiger partial charge is 0.243 e. The zero-order valence-corrected chi connectivity index (χ0v) is 20.4. The minimum Gasteiger partial charge on any atom is -0.434 e. The summed E-state index contributed by atoms with van der Waals surface area (Å²) >= 11 is 6.47. The predicted molar refractivity (Wildman–Crippen MR) is 135 cm³/mol. The quantitative estimate of drug-likeness (QED) is 0.447. The van der Waals surface area contributed by atoms with Crippen LogP contribution in [0.4, 0.5) is 26.0 Å². The Morgan fingerprint density at radius 2 is 1.83 bits per heavy atom. The first-order chi connectivity index (χ1) is 16.9. The number of nitrogens with zero attached hydrogens (tertiary/aromatic N) is 4. The maximum atomic E-state index is 15.0. The Hall–Kier alpha value is -3.23. The fourth-order valence-electron chi connectivity index (χ4n) is 4.47. The molecule has 0 unspecified atom stereocenters. The number of halogens is 3. The van der Waals surface area contributed by atoms with Crippen LogP contribution in [0.15, 0.2) is 42.2 Å². The van der Waals surface area contributed by atoms with Crippen molar-refractivity contribution in [2.45, 2.75) is 20.3 Å². The van der Waals surface area contributed by atoms with E-state index in [9.17, 15) is 8.78 Å². The molecule has 0 amide bonds. The second-order valence-electron chi connectivity index (χ2n) is 8.77. The van der Waals surface area contributed by atoms with E-state index in [-0.39, 0.29) is 22.2 Å². The first-order valence-corrected chi connectivity index (χ1v) is 12.0. The molecule has 1 saturated heterocycles. The highest BCUT2D eigenvalue weighted by atomic mass is 35.5. The van der Waals surface area contributed by atoms with E-state index in [1.165, 1.54) is 6.33 Å². The summed E-state index contributed by atoms with van der Waals surface area (Å²) in [5.74, 6) is -1.20. The molecule has 0 bridgehead atoms. The molecular weight excluding hydrogens is 472 g/mol. The molecule has 2 aromatic carbocycles. The normalized spacial score (nSPS) is 15.7. The summed E-state index contributed by atoms with van der Waals surface area (Å²) in [7, 11) is 0. The molecule has 0 atom stereocenters. The number of anilines is 3. The van der Waals surface area contributed by atoms with Crippen LogP contribution in [0, 0.1) is 11.6 Å². The molecule has 182 valence electrons. The molecule has 0 spiro atoms. The summed E-state index contributed by atoms with van der Waals surface area (Å²) in [6.07, 6.45) is 3.27. The highest BCUT2D eigenvalue weighted by Gasteiger charge is 2.24. The topological polar surface area (TPSA) is 53.5 Å². The van der Waals surface area contributed by atoms with E-state index in [1.807, 2.05) is 19.1 Å². The summed E-state index contributed by atoms with van der Waals surface area (Å²) in [6.45, 7) is 9.19. The molecule has 5 rings (SSSR count). The molecule has 6 nitrogen and oxygen atoms in total. The number of ether oxygens (including phenoxy) is 1. The highest BCUT2D eigenvalue weighted by Crippen LogP contribution is 2.38. The second-order valence-corrected chi connectivity index (χ2v) is 9.14. The van der Waals surface area contributed by atoms with Crippen LogP contribution >= 0.6 is 11.6 Å². The van der Waals surface area contributed by atoms with Crippen molar-refractivity contribution in [2.75, 3.05) is 42.9 Å². The minimum atomic E-state index is -0.641. The van der Waals surface area contributed by atoms with Gasteiger partial charge in [-0.25, -0.2) is 13.8 Å². The monoisotopic (exact) mass is 497 g/mol. The summed E-state index contributed by atoms with van der Waals surface area (Å²) in [6, 6.07) is 9.03. The molecule has 1 fully saturated rings. The van der Waals surface area contributed by atoms with Gasteiger partial charge in [0.1, 0.15) is 17.2 Å². The van der Waals surface area contributed by atoms with Crippen molar-refractivity contribution in [3.63, 3.8) is 0 Å². The molecule has 0 saturated carbocycles. The summed E-state index contributed by atoms with van der Waals surface area (Å²) in [5.41, 5.74) is 3.36. The van der Waals surface area contributed by atoms with Crippen molar-refractivity contribution >= 4 is 34.9 Å². The van der Waals surface area contributed by atoms with E-state index in [2.05, 4.69) is 44.1 Å². The zero-order chi connectivity index (χ0) is 24.5. The lowest BCUT2D eigenvalue weighted by atomic mass is 10.1. The van der Waals surface area contributed by atoms with Crippen LogP contribution in [0.5, 0.6) is 11.6 Å². The van der Waals surface area contributed by atoms with Crippen molar-refractivity contribution < 1.29 is 13.5 Å². The van der Waals surface area contributed by atoms with E-state index < -0.39 is 11.6 Å². The second kappa shape index (κ2) is 9.79. The number of aromatic nitrogens is 2. The SMILES string of the molecule is CCN1CCN(c2ccc(Nc3ncnc(Oc4cc(F)c5c(c4F)C=C(C)C5)c3Cl)cc2)CC1. The Balaban J connectivity index is 1.32. The van der Waals surface area contributed by atoms with E-state index in [0.717, 1.165) is 55.7 Å². The molecular formula is C26H26ClF2N5O. The predicted octanol–water partition coefficient (Wildman–Crippen LogP) is 6.05. The largest absolute Gasteiger partial charge is 0.434 e. The third-order valence-corrected chi connectivity index (χ3v) is 6.79. The number of hydrogen-bond donors (Lipinski definition) is 1. The van der Waals surface area contributed by atoms with Gasteiger partial charge in [0.15, 0.2) is 17.4 Å². The first kappa shape index (κ1) is 23.5. The Morgan fingerprint density at radius 3 is 2.54 bits per heavy atom. The number of fused-ring (bicyclic) bond motifs is 1. The number of hydrogen-bond acceptors (Lipinski definition) is 6. The van der Waals surface area contributed by atoms with Crippen molar-refractivity contribution in [2.24, 2.45) is 0 Å². The van der Waals surface area contributed by atoms with Gasteiger partial charge in [-0.2, -0.15) is 4.98 Å². The molecule has 2 heterocycles. The molecule has 9 heteroatoms. The van der Waals surface area contributed by atoms with Gasteiger partial charge in [-0.15, -0.1) is 0 Å². The third kappa shape index (κ3) is 4.81. The van der Waals surface area contributed by atoms with Gasteiger partial charge in [0.25, 0.3) is 0 Å². The fourth-order valence-corrected chi connectivity index (χ4v) is 4.65. The van der Waals surface area contributed by atoms with Crippen LogP contribution < -0.4 is 15.0 Å². The zero-order valence-electron chi connectivity index (χ0n) is 19.6. The van der Waals surface area contributed by atoms with Gasteiger partial charge >= 0.3 is 0 Å². The molecule has 1 aliphatic heterocycles. The Kier molecular flexibility index (Phi) is 6.58. The Morgan fingerprint density at radius 1 is 1.09 bits per heavy atom. The molecule has 0 radical (unpaired) electrons. The Labute approximate surface area is 208 Å². The van der Waals surface area contributed by atoms with Crippen LogP contribution in [-0.4, -0.2) is 47.6 Å². The number of allylic oxidation sites excluding steroid dienone is 1. The minimum absolute atomic E-state index is 0.0634. The molecule has 1 aromatic heterocycles. The Bertz CT molecular complexity index is 1270. The lowest BCUT2D eigenvalue weighted by Gasteiger charge is -2.35. The van der Waals surface area contributed by atoms with E-state index in [0.29, 0.717) is 17.8 Å².